The fourth-order valence-corrected chi connectivity index (χ4v) is 1.95. The molecule has 0 bridgehead atoms. The first-order chi connectivity index (χ1) is 9.61. The molecule has 0 aliphatic rings. The van der Waals surface area contributed by atoms with E-state index in [-0.39, 0.29) is 5.91 Å². The van der Waals surface area contributed by atoms with Crippen molar-refractivity contribution in [1.29, 1.82) is 0 Å². The lowest BCUT2D eigenvalue weighted by Gasteiger charge is -2.18. The lowest BCUT2D eigenvalue weighted by molar-refractivity contribution is 0.0779. The van der Waals surface area contributed by atoms with Crippen molar-refractivity contribution < 1.29 is 4.79 Å². The molecule has 20 heavy (non-hydrogen) atoms. The van der Waals surface area contributed by atoms with E-state index in [1.54, 1.807) is 30.3 Å². The van der Waals surface area contributed by atoms with Crippen LogP contribution in [0.25, 0.3) is 0 Å². The number of hydrazine groups is 1. The summed E-state index contributed by atoms with van der Waals surface area (Å²) in [6.07, 6.45) is 1.56. The highest BCUT2D eigenvalue weighted by Gasteiger charge is 2.14. The highest BCUT2D eigenvalue weighted by Crippen LogP contribution is 2.13. The Morgan fingerprint density at radius 2 is 2.10 bits per heavy atom. The average Bonchev–Trinajstić information content (AvgIpc) is 2.48. The van der Waals surface area contributed by atoms with Gasteiger partial charge in [0, 0.05) is 19.8 Å². The van der Waals surface area contributed by atoms with E-state index in [0.29, 0.717) is 17.9 Å². The number of nitrogen functional groups attached to an aromatic ring is 1. The summed E-state index contributed by atoms with van der Waals surface area (Å²) in [6, 6.07) is 11.3. The van der Waals surface area contributed by atoms with Crippen molar-refractivity contribution in [3.05, 3.63) is 59.4 Å². The van der Waals surface area contributed by atoms with Crippen LogP contribution in [0, 0.1) is 6.92 Å². The number of aryl methyl sites for hydroxylation is 1. The number of nitrogens with one attached hydrogen (secondary N) is 1. The average molecular weight is 270 g/mol. The minimum absolute atomic E-state index is 0.134. The predicted molar refractivity (Wildman–Crippen MR) is 79.0 cm³/mol. The monoisotopic (exact) mass is 270 g/mol. The Hall–Kier alpha value is -2.40. The third kappa shape index (κ3) is 3.13. The zero-order valence-electron chi connectivity index (χ0n) is 11.6. The van der Waals surface area contributed by atoms with Crippen molar-refractivity contribution in [3.8, 4) is 0 Å². The van der Waals surface area contributed by atoms with Crippen molar-refractivity contribution >= 4 is 11.6 Å². The van der Waals surface area contributed by atoms with Gasteiger partial charge < -0.3 is 10.3 Å². The molecule has 0 saturated carbocycles. The molecule has 0 radical (unpaired) electrons. The predicted octanol–water partition coefficient (Wildman–Crippen LogP) is 1.95. The summed E-state index contributed by atoms with van der Waals surface area (Å²) in [4.78, 5) is 18.1. The molecule has 2 aromatic rings. The summed E-state index contributed by atoms with van der Waals surface area (Å²) < 4.78 is 0. The number of carbonyl (C=O) groups is 1. The highest BCUT2D eigenvalue weighted by molar-refractivity contribution is 5.92. The second kappa shape index (κ2) is 6.16. The first-order valence-corrected chi connectivity index (χ1v) is 6.34. The number of benzene rings is 1. The SMILES string of the molecule is Cc1ccccc1CN(C)C(=O)c1cc(NN)ccn1. The quantitative estimate of drug-likeness (QED) is 0.658. The molecular weight excluding hydrogens is 252 g/mol. The smallest absolute Gasteiger partial charge is 0.272 e. The second-order valence-electron chi connectivity index (χ2n) is 4.66. The first kappa shape index (κ1) is 14.0. The molecule has 1 amide bonds. The van der Waals surface area contributed by atoms with E-state index in [1.807, 2.05) is 31.2 Å². The van der Waals surface area contributed by atoms with Gasteiger partial charge in [0.05, 0.1) is 5.69 Å². The van der Waals surface area contributed by atoms with E-state index in [1.165, 1.54) is 0 Å². The standard InChI is InChI=1S/C15H18N4O/c1-11-5-3-4-6-12(11)10-19(2)15(20)14-9-13(18-16)7-8-17-14/h3-9H,10,16H2,1-2H3,(H,17,18). The highest BCUT2D eigenvalue weighted by atomic mass is 16.2. The number of carbonyl (C=O) groups excluding carboxylic acids is 1. The molecule has 0 unspecified atom stereocenters. The van der Waals surface area contributed by atoms with Crippen LogP contribution in [0.1, 0.15) is 21.6 Å². The fourth-order valence-electron chi connectivity index (χ4n) is 1.95. The zero-order valence-corrected chi connectivity index (χ0v) is 11.6. The van der Waals surface area contributed by atoms with Crippen LogP contribution in [0.3, 0.4) is 0 Å². The molecule has 1 heterocycles. The van der Waals surface area contributed by atoms with E-state index in [4.69, 9.17) is 5.84 Å². The number of nitrogens with zero attached hydrogens (tertiary/aromatic N) is 2. The van der Waals surface area contributed by atoms with Crippen molar-refractivity contribution in [2.45, 2.75) is 13.5 Å². The van der Waals surface area contributed by atoms with Crippen molar-refractivity contribution in [2.75, 3.05) is 12.5 Å². The van der Waals surface area contributed by atoms with E-state index < -0.39 is 0 Å². The van der Waals surface area contributed by atoms with Crippen molar-refractivity contribution in [1.82, 2.24) is 9.88 Å². The van der Waals surface area contributed by atoms with Gasteiger partial charge in [-0.25, -0.2) is 0 Å². The van der Waals surface area contributed by atoms with Crippen LogP contribution >= 0.6 is 0 Å². The molecule has 0 fully saturated rings. The molecule has 0 aliphatic carbocycles. The van der Waals surface area contributed by atoms with Crippen LogP contribution in [0.15, 0.2) is 42.6 Å². The van der Waals surface area contributed by atoms with Gasteiger partial charge >= 0.3 is 0 Å². The van der Waals surface area contributed by atoms with Gasteiger partial charge in [-0.1, -0.05) is 24.3 Å². The van der Waals surface area contributed by atoms with Crippen LogP contribution in [0.4, 0.5) is 5.69 Å². The lowest BCUT2D eigenvalue weighted by atomic mass is 10.1. The molecule has 5 nitrogen and oxygen atoms in total. The molecule has 0 saturated heterocycles. The molecule has 1 aromatic carbocycles. The van der Waals surface area contributed by atoms with Crippen LogP contribution in [0.2, 0.25) is 0 Å². The van der Waals surface area contributed by atoms with Crippen molar-refractivity contribution in [3.63, 3.8) is 0 Å². The molecular formula is C15H18N4O. The Labute approximate surface area is 118 Å². The Morgan fingerprint density at radius 3 is 2.80 bits per heavy atom. The molecule has 3 N–H and O–H groups in total. The number of hydrogen-bond acceptors (Lipinski definition) is 4. The normalized spacial score (nSPS) is 10.2. The van der Waals surface area contributed by atoms with Gasteiger partial charge in [-0.3, -0.25) is 15.6 Å². The van der Waals surface area contributed by atoms with Crippen LogP contribution in [-0.2, 0) is 6.54 Å². The van der Waals surface area contributed by atoms with Crippen LogP contribution in [-0.4, -0.2) is 22.8 Å². The largest absolute Gasteiger partial charge is 0.336 e. The van der Waals surface area contributed by atoms with Gasteiger partial charge in [0.2, 0.25) is 0 Å². The maximum absolute atomic E-state index is 12.3. The molecule has 0 atom stereocenters. The minimum atomic E-state index is -0.134. The Balaban J connectivity index is 2.14. The number of aromatic nitrogens is 1. The third-order valence-corrected chi connectivity index (χ3v) is 3.16. The van der Waals surface area contributed by atoms with Crippen LogP contribution < -0.4 is 11.3 Å². The first-order valence-electron chi connectivity index (χ1n) is 6.34. The van der Waals surface area contributed by atoms with E-state index in [2.05, 4.69) is 10.4 Å². The molecule has 104 valence electrons. The lowest BCUT2D eigenvalue weighted by Crippen LogP contribution is -2.27. The summed E-state index contributed by atoms with van der Waals surface area (Å²) in [5.74, 6) is 5.20. The van der Waals surface area contributed by atoms with Crippen LogP contribution in [0.5, 0.6) is 0 Å². The van der Waals surface area contributed by atoms with E-state index in [9.17, 15) is 4.79 Å². The van der Waals surface area contributed by atoms with E-state index >= 15 is 0 Å². The summed E-state index contributed by atoms with van der Waals surface area (Å²) in [5.41, 5.74) is 5.83. The second-order valence-corrected chi connectivity index (χ2v) is 4.66. The Bertz CT molecular complexity index is 612. The van der Waals surface area contributed by atoms with Gasteiger partial charge in [0.15, 0.2) is 0 Å². The number of amides is 1. The van der Waals surface area contributed by atoms with Gasteiger partial charge in [-0.2, -0.15) is 0 Å². The fraction of sp³-hybridized carbons (Fsp3) is 0.200. The topological polar surface area (TPSA) is 71.2 Å². The molecule has 5 heteroatoms. The zero-order chi connectivity index (χ0) is 14.5. The van der Waals surface area contributed by atoms with Gasteiger partial charge in [-0.15, -0.1) is 0 Å². The summed E-state index contributed by atoms with van der Waals surface area (Å²) in [5, 5.41) is 0. The minimum Gasteiger partial charge on any atom is -0.336 e. The summed E-state index contributed by atoms with van der Waals surface area (Å²) in [7, 11) is 1.76. The molecule has 0 spiro atoms. The summed E-state index contributed by atoms with van der Waals surface area (Å²) in [6.45, 7) is 2.58. The third-order valence-electron chi connectivity index (χ3n) is 3.16. The molecule has 2 rings (SSSR count). The van der Waals surface area contributed by atoms with Gasteiger partial charge in [0.25, 0.3) is 5.91 Å². The summed E-state index contributed by atoms with van der Waals surface area (Å²) >= 11 is 0. The number of anilines is 1. The van der Waals surface area contributed by atoms with E-state index in [0.717, 1.165) is 11.1 Å². The molecule has 1 aromatic heterocycles. The Morgan fingerprint density at radius 1 is 1.35 bits per heavy atom. The maximum atomic E-state index is 12.3. The number of nitrogens with two attached hydrogens (primary N) is 1. The van der Waals surface area contributed by atoms with Crippen molar-refractivity contribution in [2.24, 2.45) is 5.84 Å². The number of pyridine rings is 1. The molecule has 0 aliphatic heterocycles. The maximum Gasteiger partial charge on any atom is 0.272 e. The Kier molecular flexibility index (Phi) is 4.32. The van der Waals surface area contributed by atoms with Gasteiger partial charge in [-0.05, 0) is 30.2 Å². The number of rotatable bonds is 4. The number of hydrogen-bond donors (Lipinski definition) is 2. The van der Waals surface area contributed by atoms with Gasteiger partial charge in [0.1, 0.15) is 5.69 Å².